The number of carbonyl (C=O) groups is 2. The Bertz CT molecular complexity index is 974. The fourth-order valence-corrected chi connectivity index (χ4v) is 18.7. The number of hydrogen-bond acceptors (Lipinski definition) is 3. The van der Waals surface area contributed by atoms with E-state index in [9.17, 15) is 14.0 Å². The van der Waals surface area contributed by atoms with E-state index in [1.165, 1.54) is 23.8 Å². The number of hydrogen-bond donors (Lipinski definition) is 1. The first-order valence-electron chi connectivity index (χ1n) is 8.21. The fraction of sp³-hybridized carbons (Fsp3) is 0.158. The van der Waals surface area contributed by atoms with Crippen LogP contribution in [0.4, 0.5) is 9.18 Å². The molecule has 4 bridgehead atoms. The molecule has 2 aromatic rings. The molecule has 2 amide bonds. The van der Waals surface area contributed by atoms with Crippen LogP contribution in [0.2, 0.25) is 0 Å². The van der Waals surface area contributed by atoms with Gasteiger partial charge < -0.3 is 0 Å². The van der Waals surface area contributed by atoms with Gasteiger partial charge in [0, 0.05) is 0 Å². The zero-order valence-corrected chi connectivity index (χ0v) is 17.3. The Kier molecular flexibility index (Phi) is 3.61. The summed E-state index contributed by atoms with van der Waals surface area (Å²) >= 11 is -1.39. The van der Waals surface area contributed by atoms with E-state index < -0.39 is 21.4 Å². The van der Waals surface area contributed by atoms with Crippen LogP contribution in [0.1, 0.15) is 20.4 Å². The van der Waals surface area contributed by atoms with Gasteiger partial charge in [-0.1, -0.05) is 0 Å². The Hall–Kier alpha value is -1.53. The summed E-state index contributed by atoms with van der Waals surface area (Å²) < 4.78 is 17.0. The third-order valence-electron chi connectivity index (χ3n) is 5.35. The molecule has 5 rings (SSSR count). The van der Waals surface area contributed by atoms with Crippen LogP contribution < -0.4 is 8.64 Å². The van der Waals surface area contributed by atoms with Crippen molar-refractivity contribution in [3.63, 3.8) is 0 Å². The van der Waals surface area contributed by atoms with Crippen molar-refractivity contribution in [2.75, 3.05) is 0 Å². The molecule has 3 heterocycles. The zero-order chi connectivity index (χ0) is 17.1. The SMILES string of the molecule is O=C1NC(=O)C([CH]2c3ccc[c]4c3C=[C](Cc3ccccc3F)[In]42)S1. The second-order valence-corrected chi connectivity index (χ2v) is 16.4. The molecule has 6 heteroatoms. The van der Waals surface area contributed by atoms with Crippen LogP contribution in [-0.2, 0) is 11.2 Å². The quantitative estimate of drug-likeness (QED) is 0.778. The van der Waals surface area contributed by atoms with Crippen LogP contribution in [0.25, 0.3) is 6.08 Å². The predicted molar refractivity (Wildman–Crippen MR) is 97.6 cm³/mol. The normalized spacial score (nSPS) is 23.2. The first-order valence-corrected chi connectivity index (χ1v) is 14.3. The molecule has 1 fully saturated rings. The number of amides is 2. The number of carbonyl (C=O) groups excluding carboxylic acids is 2. The predicted octanol–water partition coefficient (Wildman–Crippen LogP) is 2.69. The second-order valence-electron chi connectivity index (χ2n) is 6.66. The summed E-state index contributed by atoms with van der Waals surface area (Å²) in [7, 11) is 0. The molecule has 3 aliphatic rings. The van der Waals surface area contributed by atoms with Gasteiger partial charge in [0.25, 0.3) is 0 Å². The summed E-state index contributed by atoms with van der Waals surface area (Å²) in [6, 6.07) is 13.2. The molecule has 0 aliphatic carbocycles. The number of nitrogens with one attached hydrogen (secondary N) is 1. The molecule has 3 nitrogen and oxygen atoms in total. The zero-order valence-electron chi connectivity index (χ0n) is 13.2. The molecule has 0 spiro atoms. The molecule has 1 N–H and O–H groups in total. The molecule has 0 aromatic heterocycles. The first-order chi connectivity index (χ1) is 12.1. The summed E-state index contributed by atoms with van der Waals surface area (Å²) in [5.41, 5.74) is 3.18. The second kappa shape index (κ2) is 5.74. The van der Waals surface area contributed by atoms with Gasteiger partial charge in [0.2, 0.25) is 0 Å². The molecule has 2 aromatic carbocycles. The maximum absolute atomic E-state index is 14.1. The molecule has 122 valence electrons. The summed E-state index contributed by atoms with van der Waals surface area (Å²) in [4.78, 5) is 24.0. The molecular weight excluding hydrogens is 440 g/mol. The summed E-state index contributed by atoms with van der Waals surface area (Å²) in [5, 5.41) is 1.86. The molecule has 2 atom stereocenters. The average Bonchev–Trinajstić information content (AvgIpc) is 3.15. The summed E-state index contributed by atoms with van der Waals surface area (Å²) in [5.74, 6) is -0.341. The standard InChI is InChI=1S/C19H13FNO2S.In/c20-16-11-4-3-7-14(16)10-5-9-13-6-1-2-8-15(13)12-17-18(22)21-19(23)24-17;/h1-4,7-9,11-12,17H,10H2,(H,21,22,23);. The Morgan fingerprint density at radius 2 is 1.96 bits per heavy atom. The van der Waals surface area contributed by atoms with Crippen molar-refractivity contribution < 1.29 is 14.0 Å². The summed E-state index contributed by atoms with van der Waals surface area (Å²) in [6.07, 6.45) is 2.85. The third-order valence-corrected chi connectivity index (χ3v) is 18.1. The minimum absolute atomic E-state index is 0.157. The van der Waals surface area contributed by atoms with Crippen LogP contribution >= 0.6 is 11.8 Å². The molecule has 25 heavy (non-hydrogen) atoms. The Morgan fingerprint density at radius 3 is 2.68 bits per heavy atom. The maximum atomic E-state index is 14.1. The van der Waals surface area contributed by atoms with Crippen molar-refractivity contribution in [1.82, 2.24) is 5.32 Å². The third kappa shape index (κ3) is 2.34. The van der Waals surface area contributed by atoms with E-state index in [1.54, 1.807) is 6.07 Å². The van der Waals surface area contributed by atoms with E-state index in [4.69, 9.17) is 0 Å². The number of benzene rings is 2. The van der Waals surface area contributed by atoms with Gasteiger partial charge in [-0.05, 0) is 0 Å². The first kappa shape index (κ1) is 15.7. The van der Waals surface area contributed by atoms with Crippen molar-refractivity contribution in [3.8, 4) is 0 Å². The van der Waals surface area contributed by atoms with E-state index in [0.29, 0.717) is 12.0 Å². The van der Waals surface area contributed by atoms with Crippen LogP contribution in [-0.4, -0.2) is 37.8 Å². The van der Waals surface area contributed by atoms with E-state index in [0.717, 1.165) is 11.8 Å². The van der Waals surface area contributed by atoms with Gasteiger partial charge in [-0.2, -0.15) is 0 Å². The van der Waals surface area contributed by atoms with Crippen LogP contribution in [0, 0.1) is 5.82 Å². The molecule has 2 unspecified atom stereocenters. The van der Waals surface area contributed by atoms with Gasteiger partial charge in [0.1, 0.15) is 0 Å². The fourth-order valence-electron chi connectivity index (χ4n) is 4.38. The number of thioether (sulfide) groups is 1. The van der Waals surface area contributed by atoms with Gasteiger partial charge >= 0.3 is 157 Å². The van der Waals surface area contributed by atoms with Crippen molar-refractivity contribution in [3.05, 3.63) is 68.3 Å². The average molecular weight is 453 g/mol. The molecule has 3 aliphatic heterocycles. The van der Waals surface area contributed by atoms with Gasteiger partial charge in [-0.25, -0.2) is 0 Å². The van der Waals surface area contributed by atoms with Gasteiger partial charge in [0.05, 0.1) is 0 Å². The number of allylic oxidation sites excluding steroid dienone is 1. The van der Waals surface area contributed by atoms with Gasteiger partial charge in [0.15, 0.2) is 0 Å². The Morgan fingerprint density at radius 1 is 1.12 bits per heavy atom. The van der Waals surface area contributed by atoms with Crippen LogP contribution in [0.5, 0.6) is 0 Å². The van der Waals surface area contributed by atoms with Crippen LogP contribution in [0.15, 0.2) is 45.8 Å². The van der Waals surface area contributed by atoms with Crippen LogP contribution in [0.3, 0.4) is 0 Å². The van der Waals surface area contributed by atoms with Crippen molar-refractivity contribution in [2.24, 2.45) is 0 Å². The number of imide groups is 1. The van der Waals surface area contributed by atoms with Gasteiger partial charge in [-0.3, -0.25) is 0 Å². The van der Waals surface area contributed by atoms with Crippen molar-refractivity contribution >= 4 is 53.7 Å². The van der Waals surface area contributed by atoms with E-state index in [1.807, 2.05) is 12.1 Å². The number of halogens is 1. The topological polar surface area (TPSA) is 46.2 Å². The Labute approximate surface area is 156 Å². The van der Waals surface area contributed by atoms with E-state index in [2.05, 4.69) is 29.6 Å². The minimum atomic E-state index is -2.52. The molecule has 0 saturated carbocycles. The molecule has 1 saturated heterocycles. The van der Waals surface area contributed by atoms with Crippen molar-refractivity contribution in [2.45, 2.75) is 15.3 Å². The van der Waals surface area contributed by atoms with E-state index >= 15 is 0 Å². The monoisotopic (exact) mass is 453 g/mol. The molecule has 0 radical (unpaired) electrons. The molecular formula is C19H13FInNO2S. The van der Waals surface area contributed by atoms with Gasteiger partial charge in [-0.15, -0.1) is 0 Å². The van der Waals surface area contributed by atoms with E-state index in [-0.39, 0.29) is 25.9 Å². The van der Waals surface area contributed by atoms with Crippen molar-refractivity contribution in [1.29, 1.82) is 0 Å². The Balaban J connectivity index is 1.54. The number of rotatable bonds is 3. The summed E-state index contributed by atoms with van der Waals surface area (Å²) in [6.45, 7) is 0.